The third kappa shape index (κ3) is 4.39. The molecule has 0 amide bonds. The van der Waals surface area contributed by atoms with Crippen molar-refractivity contribution < 1.29 is 9.85 Å². The molecule has 157 valence electrons. The van der Waals surface area contributed by atoms with E-state index in [9.17, 15) is 20.2 Å². The molecule has 0 aliphatic carbocycles. The van der Waals surface area contributed by atoms with Gasteiger partial charge in [0.2, 0.25) is 0 Å². The largest absolute Gasteiger partial charge is 0.269 e. The molecule has 0 fully saturated rings. The summed E-state index contributed by atoms with van der Waals surface area (Å²) in [7, 11) is 0. The summed E-state index contributed by atoms with van der Waals surface area (Å²) in [6, 6.07) is 32.7. The summed E-state index contributed by atoms with van der Waals surface area (Å²) in [6.45, 7) is 0. The Hall–Kier alpha value is -4.32. The van der Waals surface area contributed by atoms with E-state index in [1.165, 1.54) is 24.3 Å². The van der Waals surface area contributed by atoms with Crippen LogP contribution in [0.3, 0.4) is 0 Å². The molecule has 0 aromatic heterocycles. The summed E-state index contributed by atoms with van der Waals surface area (Å²) < 4.78 is 0. The van der Waals surface area contributed by atoms with E-state index in [4.69, 9.17) is 0 Å². The van der Waals surface area contributed by atoms with Crippen LogP contribution in [0, 0.1) is 26.1 Å². The lowest BCUT2D eigenvalue weighted by molar-refractivity contribution is -0.385. The molecular formula is C26H19N2O4. The van der Waals surface area contributed by atoms with Gasteiger partial charge in [-0.3, -0.25) is 20.2 Å². The summed E-state index contributed by atoms with van der Waals surface area (Å²) in [6.07, 6.45) is 0. The maximum Gasteiger partial charge on any atom is 0.269 e. The molecule has 6 nitrogen and oxygen atoms in total. The lowest BCUT2D eigenvalue weighted by Crippen LogP contribution is -2.15. The van der Waals surface area contributed by atoms with E-state index in [1.807, 2.05) is 60.7 Å². The van der Waals surface area contributed by atoms with Gasteiger partial charge in [-0.25, -0.2) is 0 Å². The van der Waals surface area contributed by atoms with Crippen LogP contribution in [-0.2, 0) is 0 Å². The van der Waals surface area contributed by atoms with Crippen molar-refractivity contribution in [1.82, 2.24) is 0 Å². The third-order valence-electron chi connectivity index (χ3n) is 5.33. The number of rotatable bonds is 7. The summed E-state index contributed by atoms with van der Waals surface area (Å²) >= 11 is 0. The average molecular weight is 423 g/mol. The van der Waals surface area contributed by atoms with Crippen LogP contribution in [0.2, 0.25) is 0 Å². The minimum Gasteiger partial charge on any atom is -0.258 e. The molecule has 0 N–H and O–H groups in total. The first kappa shape index (κ1) is 20.9. The van der Waals surface area contributed by atoms with Crippen molar-refractivity contribution in [3.8, 4) is 0 Å². The predicted octanol–water partition coefficient (Wildman–Crippen LogP) is 6.31. The van der Waals surface area contributed by atoms with Crippen LogP contribution in [0.25, 0.3) is 0 Å². The second-order valence-electron chi connectivity index (χ2n) is 7.28. The highest BCUT2D eigenvalue weighted by molar-refractivity contribution is 5.57. The molecule has 0 saturated carbocycles. The summed E-state index contributed by atoms with van der Waals surface area (Å²) in [4.78, 5) is 21.5. The number of nitro benzene ring substituents is 2. The van der Waals surface area contributed by atoms with Gasteiger partial charge in [0.05, 0.1) is 9.85 Å². The molecule has 0 aliphatic rings. The lowest BCUT2D eigenvalue weighted by Gasteiger charge is -2.28. The first-order chi connectivity index (χ1) is 15.5. The molecule has 0 spiro atoms. The fourth-order valence-corrected chi connectivity index (χ4v) is 3.84. The van der Waals surface area contributed by atoms with Crippen molar-refractivity contribution in [3.05, 3.63) is 158 Å². The Morgan fingerprint density at radius 2 is 0.875 bits per heavy atom. The van der Waals surface area contributed by atoms with E-state index >= 15 is 0 Å². The predicted molar refractivity (Wildman–Crippen MR) is 122 cm³/mol. The Morgan fingerprint density at radius 3 is 1.19 bits per heavy atom. The van der Waals surface area contributed by atoms with Crippen molar-refractivity contribution >= 4 is 11.4 Å². The van der Waals surface area contributed by atoms with Crippen LogP contribution in [0.5, 0.6) is 0 Å². The number of benzene rings is 4. The van der Waals surface area contributed by atoms with Gasteiger partial charge in [0.25, 0.3) is 11.4 Å². The minimum atomic E-state index is -0.429. The second-order valence-corrected chi connectivity index (χ2v) is 7.28. The Kier molecular flexibility index (Phi) is 6.03. The first-order valence-corrected chi connectivity index (χ1v) is 10.0. The zero-order valence-corrected chi connectivity index (χ0v) is 17.0. The van der Waals surface area contributed by atoms with Crippen LogP contribution in [0.1, 0.15) is 28.2 Å². The van der Waals surface area contributed by atoms with Crippen molar-refractivity contribution in [2.24, 2.45) is 0 Å². The maximum absolute atomic E-state index is 11.2. The lowest BCUT2D eigenvalue weighted by atomic mass is 9.74. The number of hydrogen-bond acceptors (Lipinski definition) is 4. The van der Waals surface area contributed by atoms with E-state index in [-0.39, 0.29) is 17.3 Å². The average Bonchev–Trinajstić information content (AvgIpc) is 2.84. The van der Waals surface area contributed by atoms with Crippen LogP contribution in [-0.4, -0.2) is 9.85 Å². The highest BCUT2D eigenvalue weighted by Crippen LogP contribution is 2.42. The molecule has 0 heterocycles. The second kappa shape index (κ2) is 9.22. The Bertz CT molecular complexity index is 1110. The molecule has 32 heavy (non-hydrogen) atoms. The monoisotopic (exact) mass is 423 g/mol. The molecule has 4 rings (SSSR count). The Morgan fingerprint density at radius 1 is 0.531 bits per heavy atom. The topological polar surface area (TPSA) is 86.3 Å². The van der Waals surface area contributed by atoms with Gasteiger partial charge < -0.3 is 0 Å². The van der Waals surface area contributed by atoms with Crippen LogP contribution in [0.4, 0.5) is 11.4 Å². The van der Waals surface area contributed by atoms with Gasteiger partial charge in [0.1, 0.15) is 0 Å². The first-order valence-electron chi connectivity index (χ1n) is 10.0. The van der Waals surface area contributed by atoms with Gasteiger partial charge in [0, 0.05) is 36.1 Å². The van der Waals surface area contributed by atoms with E-state index in [0.717, 1.165) is 28.2 Å². The molecule has 0 unspecified atom stereocenters. The van der Waals surface area contributed by atoms with Crippen molar-refractivity contribution in [2.75, 3.05) is 0 Å². The zero-order valence-electron chi connectivity index (χ0n) is 17.0. The van der Waals surface area contributed by atoms with Gasteiger partial charge in [-0.2, -0.15) is 0 Å². The van der Waals surface area contributed by atoms with Gasteiger partial charge in [0.15, 0.2) is 0 Å². The fourth-order valence-electron chi connectivity index (χ4n) is 3.84. The molecule has 0 aliphatic heterocycles. The Labute approximate surface area is 185 Å². The van der Waals surface area contributed by atoms with Gasteiger partial charge in [-0.05, 0) is 22.3 Å². The van der Waals surface area contributed by atoms with E-state index in [1.54, 1.807) is 24.3 Å². The maximum atomic E-state index is 11.2. The summed E-state index contributed by atoms with van der Waals surface area (Å²) in [5.41, 5.74) is 3.72. The van der Waals surface area contributed by atoms with Gasteiger partial charge in [-0.15, -0.1) is 0 Å². The van der Waals surface area contributed by atoms with Gasteiger partial charge in [-0.1, -0.05) is 84.9 Å². The molecule has 0 bridgehead atoms. The van der Waals surface area contributed by atoms with E-state index < -0.39 is 9.85 Å². The van der Waals surface area contributed by atoms with Crippen LogP contribution < -0.4 is 0 Å². The third-order valence-corrected chi connectivity index (χ3v) is 5.33. The fraction of sp³-hybridized carbons (Fsp3) is 0.0385. The number of hydrogen-bond donors (Lipinski definition) is 0. The highest BCUT2D eigenvalue weighted by atomic mass is 16.6. The molecule has 6 heteroatoms. The van der Waals surface area contributed by atoms with Crippen molar-refractivity contribution in [2.45, 2.75) is 5.92 Å². The molecule has 4 aromatic carbocycles. The quantitative estimate of drug-likeness (QED) is 0.258. The van der Waals surface area contributed by atoms with Crippen molar-refractivity contribution in [3.63, 3.8) is 0 Å². The van der Waals surface area contributed by atoms with Gasteiger partial charge >= 0.3 is 0 Å². The Balaban J connectivity index is 1.91. The highest BCUT2D eigenvalue weighted by Gasteiger charge is 2.29. The molecular weight excluding hydrogens is 404 g/mol. The molecule has 0 saturated heterocycles. The summed E-state index contributed by atoms with van der Waals surface area (Å²) in [5.74, 6) is 0.729. The number of non-ortho nitro benzene ring substituents is 2. The zero-order chi connectivity index (χ0) is 22.5. The van der Waals surface area contributed by atoms with Crippen LogP contribution >= 0.6 is 0 Å². The number of nitro groups is 2. The van der Waals surface area contributed by atoms with Crippen molar-refractivity contribution in [1.29, 1.82) is 0 Å². The molecule has 0 atom stereocenters. The standard InChI is InChI=1S/C26H19N2O4/c29-27(30)23-15-11-21(12-16-23)26(22-13-17-24(18-14-22)28(31)32)25(19-7-3-1-4-8-19)20-9-5-2-6-10-20/h1-18,25H. The number of nitrogens with zero attached hydrogens (tertiary/aromatic N) is 2. The normalized spacial score (nSPS) is 10.9. The molecule has 1 radical (unpaired) electrons. The van der Waals surface area contributed by atoms with E-state index in [2.05, 4.69) is 0 Å². The minimum absolute atomic E-state index is 0.00720. The van der Waals surface area contributed by atoms with E-state index in [0.29, 0.717) is 0 Å². The van der Waals surface area contributed by atoms with Crippen LogP contribution in [0.15, 0.2) is 109 Å². The smallest absolute Gasteiger partial charge is 0.258 e. The summed E-state index contributed by atoms with van der Waals surface area (Å²) in [5, 5.41) is 22.3. The SMILES string of the molecule is O=[N+]([O-])c1ccc([C](c2ccc([N+](=O)[O-])cc2)C(c2ccccc2)c2ccccc2)cc1. The molecule has 4 aromatic rings.